The molecule has 0 bridgehead atoms. The molecule has 0 atom stereocenters. The van der Waals surface area contributed by atoms with E-state index in [9.17, 15) is 0 Å². The Labute approximate surface area is 212 Å². The third-order valence-corrected chi connectivity index (χ3v) is 57.4. The minimum absolute atomic E-state index is 0.0293. The zero-order chi connectivity index (χ0) is 19.6. The van der Waals surface area contributed by atoms with Gasteiger partial charge in [0.05, 0.1) is 0 Å². The summed E-state index contributed by atoms with van der Waals surface area (Å²) in [5.41, 5.74) is 0. The first-order valence-corrected chi connectivity index (χ1v) is 27.1. The summed E-state index contributed by atoms with van der Waals surface area (Å²) in [5, 5.41) is 0. The van der Waals surface area contributed by atoms with Gasteiger partial charge in [0.2, 0.25) is 0 Å². The van der Waals surface area contributed by atoms with Gasteiger partial charge in [0.25, 0.3) is 0 Å². The van der Waals surface area contributed by atoms with Gasteiger partial charge in [-0.2, -0.15) is 0 Å². The fourth-order valence-electron chi connectivity index (χ4n) is 1.45. The summed E-state index contributed by atoms with van der Waals surface area (Å²) in [7, 11) is 0. The molecule has 0 fully saturated rings. The number of hydrogen-bond acceptors (Lipinski definition) is 8. The van der Waals surface area contributed by atoms with Gasteiger partial charge in [0, 0.05) is 0 Å². The third kappa shape index (κ3) is 14.8. The quantitative estimate of drug-likeness (QED) is 0.242. The predicted molar refractivity (Wildman–Crippen MR) is 98.0 cm³/mol. The van der Waals surface area contributed by atoms with Crippen LogP contribution in [0.2, 0.25) is 0 Å². The molecule has 0 aromatic carbocycles. The van der Waals surface area contributed by atoms with Crippen molar-refractivity contribution in [3.05, 3.63) is 0 Å². The van der Waals surface area contributed by atoms with Gasteiger partial charge in [-0.3, -0.25) is 0 Å². The Morgan fingerprint density at radius 2 is 0.920 bits per heavy atom. The Morgan fingerprint density at radius 1 is 0.600 bits per heavy atom. The van der Waals surface area contributed by atoms with E-state index < -0.39 is 71.1 Å². The van der Waals surface area contributed by atoms with Crippen LogP contribution in [0.4, 0.5) is 0 Å². The summed E-state index contributed by atoms with van der Waals surface area (Å²) >= 11 is -9.91. The fraction of sp³-hybridized carbons (Fsp3) is 1.00. The van der Waals surface area contributed by atoms with Crippen molar-refractivity contribution in [2.45, 2.75) is 79.8 Å². The third-order valence-electron chi connectivity index (χ3n) is 2.01. The van der Waals surface area contributed by atoms with Gasteiger partial charge in [-0.15, -0.1) is 0 Å². The van der Waals surface area contributed by atoms with Crippen LogP contribution in [-0.2, 0) is 13.3 Å². The van der Waals surface area contributed by atoms with Crippen molar-refractivity contribution < 1.29 is 13.3 Å². The van der Waals surface area contributed by atoms with Gasteiger partial charge in [-0.25, -0.2) is 0 Å². The van der Waals surface area contributed by atoms with Crippen LogP contribution in [0, 0.1) is 0 Å². The zero-order valence-electron chi connectivity index (χ0n) is 16.1. The van der Waals surface area contributed by atoms with Gasteiger partial charge in [-0.1, -0.05) is 0 Å². The fourth-order valence-corrected chi connectivity index (χ4v) is 81.5. The monoisotopic (exact) mass is 1340 g/mol. The van der Waals surface area contributed by atoms with E-state index in [1.165, 1.54) is 0 Å². The average Bonchev–Trinajstić information content (AvgIpc) is 2.43. The van der Waals surface area contributed by atoms with Gasteiger partial charge in [-0.05, 0) is 0 Å². The van der Waals surface area contributed by atoms with Gasteiger partial charge >= 0.3 is 217 Å². The zero-order valence-corrected chi connectivity index (χ0v) is 35.5. The summed E-state index contributed by atoms with van der Waals surface area (Å²) in [5.74, 6) is 0. The van der Waals surface area contributed by atoms with Gasteiger partial charge < -0.3 is 0 Å². The molecule has 0 saturated heterocycles. The molecule has 25 heavy (non-hydrogen) atoms. The molecule has 0 aromatic rings. The van der Waals surface area contributed by atoms with Crippen LogP contribution < -0.4 is 0 Å². The Kier molecular flexibility index (Phi) is 18.7. The normalized spacial score (nSPS) is 13.4. The van der Waals surface area contributed by atoms with E-state index in [-0.39, 0.29) is 24.4 Å². The molecule has 0 aliphatic heterocycles. The SMILES string of the molecule is CC(C)[O][Pb]([O][Pb])[O][Pb]([O]C(C)C)([O]C(C)C)[O][Pb]([O][Pb])[O]C(C)C. The van der Waals surface area contributed by atoms with Crippen molar-refractivity contribution in [1.29, 1.82) is 0 Å². The standard InChI is InChI=1S/4C3H7O.4O.5Pb/c4*1-3(2)4;;;;;;;;;/h4*3H,1-2H3;;;;;;;;;/q4*-1;;;;;;;2*+1;+2. The first-order chi connectivity index (χ1) is 11.5. The topological polar surface area (TPSA) is 73.8 Å². The van der Waals surface area contributed by atoms with Crippen molar-refractivity contribution in [2.24, 2.45) is 0 Å². The van der Waals surface area contributed by atoms with Crippen LogP contribution >= 0.6 is 0 Å². The first-order valence-electron chi connectivity index (χ1n) is 8.01. The number of hydrogen-bond donors (Lipinski definition) is 0. The van der Waals surface area contributed by atoms with Crippen LogP contribution in [0.3, 0.4) is 0 Å². The molecule has 0 aromatic heterocycles. The molecule has 0 amide bonds. The average molecular weight is 1340 g/mol. The molecular weight excluding hydrogens is 1310 g/mol. The Hall–Kier alpha value is 4.29. The molecule has 13 heteroatoms. The Morgan fingerprint density at radius 3 is 1.12 bits per heavy atom. The van der Waals surface area contributed by atoms with Crippen molar-refractivity contribution >= 4 is 124 Å². The molecule has 0 saturated carbocycles. The molecule has 0 aliphatic carbocycles. The maximum atomic E-state index is 6.30. The molecule has 0 N–H and O–H groups in total. The second kappa shape index (κ2) is 16.0. The summed E-state index contributed by atoms with van der Waals surface area (Å²) in [6, 6.07) is 0. The predicted octanol–water partition coefficient (Wildman–Crippen LogP) is 1.33. The molecule has 0 spiro atoms. The van der Waals surface area contributed by atoms with E-state index in [0.29, 0.717) is 52.4 Å². The summed E-state index contributed by atoms with van der Waals surface area (Å²) < 4.78 is 48.0. The molecular formula is C12H28O8Pb5. The molecule has 8 nitrogen and oxygen atoms in total. The van der Waals surface area contributed by atoms with Gasteiger partial charge in [0.15, 0.2) is 0 Å². The molecule has 144 valence electrons. The van der Waals surface area contributed by atoms with Crippen molar-refractivity contribution in [2.75, 3.05) is 0 Å². The Balaban J connectivity index is 5.52. The first kappa shape index (κ1) is 29.3. The van der Waals surface area contributed by atoms with E-state index >= 15 is 0 Å². The van der Waals surface area contributed by atoms with Crippen LogP contribution in [0.1, 0.15) is 55.4 Å². The van der Waals surface area contributed by atoms with E-state index in [1.54, 1.807) is 0 Å². The van der Waals surface area contributed by atoms with Gasteiger partial charge in [0.1, 0.15) is 0 Å². The second-order valence-corrected chi connectivity index (χ2v) is 48.5. The van der Waals surface area contributed by atoms with Crippen molar-refractivity contribution in [1.82, 2.24) is 0 Å². The number of rotatable bonds is 14. The molecule has 0 aliphatic rings. The van der Waals surface area contributed by atoms with Crippen LogP contribution in [-0.4, -0.2) is 148 Å². The van der Waals surface area contributed by atoms with Crippen LogP contribution in [0.15, 0.2) is 0 Å². The summed E-state index contributed by atoms with van der Waals surface area (Å²) in [6.07, 6.45) is -0.133. The van der Waals surface area contributed by atoms with Crippen LogP contribution in [0.5, 0.6) is 0 Å². The molecule has 0 unspecified atom stereocenters. The second-order valence-electron chi connectivity index (χ2n) is 6.07. The van der Waals surface area contributed by atoms with Crippen LogP contribution in [0.25, 0.3) is 0 Å². The van der Waals surface area contributed by atoms with E-state index in [0.717, 1.165) is 0 Å². The minimum atomic E-state index is -4.56. The van der Waals surface area contributed by atoms with Crippen molar-refractivity contribution in [3.63, 3.8) is 0 Å². The van der Waals surface area contributed by atoms with E-state index in [1.807, 2.05) is 55.4 Å². The molecule has 0 rings (SSSR count). The Bertz CT molecular complexity index is 315. The van der Waals surface area contributed by atoms with E-state index in [2.05, 4.69) is 0 Å². The maximum absolute atomic E-state index is 6.30. The summed E-state index contributed by atoms with van der Waals surface area (Å²) in [6.45, 7) is 15.6. The molecule has 0 heterocycles. The van der Waals surface area contributed by atoms with E-state index in [4.69, 9.17) is 13.3 Å². The molecule has 8 radical (unpaired) electrons. The summed E-state index contributed by atoms with van der Waals surface area (Å²) in [4.78, 5) is 0. The van der Waals surface area contributed by atoms with Crippen molar-refractivity contribution in [3.8, 4) is 0 Å².